The first-order valence-electron chi connectivity index (χ1n) is 5.91. The van der Waals surface area contributed by atoms with E-state index in [-0.39, 0.29) is 0 Å². The second-order valence-corrected chi connectivity index (χ2v) is 4.86. The average Bonchev–Trinajstić information content (AvgIpc) is 3.01. The molecule has 1 unspecified atom stereocenters. The Morgan fingerprint density at radius 1 is 1.44 bits per heavy atom. The number of rotatable bonds is 2. The lowest BCUT2D eigenvalue weighted by Crippen LogP contribution is -2.08. The number of aryl methyl sites for hydroxylation is 1. The van der Waals surface area contributed by atoms with Gasteiger partial charge in [0.25, 0.3) is 0 Å². The van der Waals surface area contributed by atoms with E-state index in [0.29, 0.717) is 6.04 Å². The Morgan fingerprint density at radius 3 is 2.88 bits per heavy atom. The maximum absolute atomic E-state index is 5.78. The van der Waals surface area contributed by atoms with E-state index in [1.165, 1.54) is 18.4 Å². The molecule has 0 saturated heterocycles. The Balaban J connectivity index is 2.18. The zero-order valence-corrected chi connectivity index (χ0v) is 9.77. The van der Waals surface area contributed by atoms with Crippen LogP contribution in [0.4, 0.5) is 5.69 Å². The topological polar surface area (TPSA) is 43.8 Å². The number of nitrogen functional groups attached to an aromatic ring is 1. The van der Waals surface area contributed by atoms with Crippen molar-refractivity contribution in [3.8, 4) is 0 Å². The summed E-state index contributed by atoms with van der Waals surface area (Å²) in [6.45, 7) is 4.37. The number of hydrogen-bond acceptors (Lipinski definition) is 2. The van der Waals surface area contributed by atoms with Gasteiger partial charge in [-0.15, -0.1) is 0 Å². The molecule has 3 heteroatoms. The number of aromatic nitrogens is 2. The minimum atomic E-state index is 0.564. The highest BCUT2D eigenvalue weighted by atomic mass is 15.1. The average molecular weight is 215 g/mol. The van der Waals surface area contributed by atoms with Crippen LogP contribution < -0.4 is 5.73 Å². The van der Waals surface area contributed by atoms with Gasteiger partial charge in [-0.25, -0.2) is 4.98 Å². The summed E-state index contributed by atoms with van der Waals surface area (Å²) in [5.74, 6) is 1.94. The molecular formula is C13H17N3. The standard InChI is InChI=1S/C13H17N3/c1-8(10-3-4-10)16-9(2)15-12-7-11(14)5-6-13(12)16/h5-8,10H,3-4,14H2,1-2H3. The predicted octanol–water partition coefficient (Wildman–Crippen LogP) is 2.90. The normalized spacial score (nSPS) is 17.9. The molecule has 1 aromatic carbocycles. The van der Waals surface area contributed by atoms with E-state index in [4.69, 9.17) is 5.73 Å². The molecule has 1 heterocycles. The predicted molar refractivity (Wildman–Crippen MR) is 66.3 cm³/mol. The summed E-state index contributed by atoms with van der Waals surface area (Å²) < 4.78 is 2.35. The molecule has 0 radical (unpaired) electrons. The largest absolute Gasteiger partial charge is 0.399 e. The van der Waals surface area contributed by atoms with Crippen molar-refractivity contribution in [2.75, 3.05) is 5.73 Å². The van der Waals surface area contributed by atoms with Gasteiger partial charge in [-0.1, -0.05) is 0 Å². The Labute approximate surface area is 95.3 Å². The lowest BCUT2D eigenvalue weighted by atomic mass is 10.2. The molecule has 2 N–H and O–H groups in total. The number of benzene rings is 1. The van der Waals surface area contributed by atoms with Gasteiger partial charge in [0.05, 0.1) is 11.0 Å². The van der Waals surface area contributed by atoms with E-state index < -0.39 is 0 Å². The van der Waals surface area contributed by atoms with Crippen LogP contribution >= 0.6 is 0 Å². The van der Waals surface area contributed by atoms with Gasteiger partial charge >= 0.3 is 0 Å². The Bertz CT molecular complexity index is 537. The molecule has 1 atom stereocenters. The van der Waals surface area contributed by atoms with Gasteiger partial charge in [-0.2, -0.15) is 0 Å². The van der Waals surface area contributed by atoms with Crippen LogP contribution in [0.3, 0.4) is 0 Å². The van der Waals surface area contributed by atoms with Gasteiger partial charge in [0, 0.05) is 11.7 Å². The van der Waals surface area contributed by atoms with Gasteiger partial charge in [0.1, 0.15) is 5.82 Å². The van der Waals surface area contributed by atoms with Crippen LogP contribution in [-0.2, 0) is 0 Å². The molecule has 2 aromatic rings. The van der Waals surface area contributed by atoms with Crippen molar-refractivity contribution < 1.29 is 0 Å². The molecular weight excluding hydrogens is 198 g/mol. The smallest absolute Gasteiger partial charge is 0.106 e. The summed E-state index contributed by atoms with van der Waals surface area (Å²) in [4.78, 5) is 4.59. The van der Waals surface area contributed by atoms with Crippen LogP contribution in [0.5, 0.6) is 0 Å². The fourth-order valence-electron chi connectivity index (χ4n) is 2.54. The molecule has 3 rings (SSSR count). The number of anilines is 1. The highest BCUT2D eigenvalue weighted by Gasteiger charge is 2.30. The molecule has 1 aliphatic carbocycles. The Hall–Kier alpha value is -1.51. The highest BCUT2D eigenvalue weighted by Crippen LogP contribution is 2.41. The maximum atomic E-state index is 5.78. The highest BCUT2D eigenvalue weighted by molar-refractivity contribution is 5.79. The van der Waals surface area contributed by atoms with Crippen LogP contribution in [0.15, 0.2) is 18.2 Å². The van der Waals surface area contributed by atoms with E-state index in [1.807, 2.05) is 12.1 Å². The number of nitrogens with zero attached hydrogens (tertiary/aromatic N) is 2. The fourth-order valence-corrected chi connectivity index (χ4v) is 2.54. The maximum Gasteiger partial charge on any atom is 0.106 e. The molecule has 1 aromatic heterocycles. The quantitative estimate of drug-likeness (QED) is 0.783. The van der Waals surface area contributed by atoms with Crippen LogP contribution in [0.25, 0.3) is 11.0 Å². The first-order valence-corrected chi connectivity index (χ1v) is 5.91. The van der Waals surface area contributed by atoms with Crippen molar-refractivity contribution in [3.63, 3.8) is 0 Å². The fraction of sp³-hybridized carbons (Fsp3) is 0.462. The van der Waals surface area contributed by atoms with Crippen LogP contribution in [-0.4, -0.2) is 9.55 Å². The van der Waals surface area contributed by atoms with Gasteiger partial charge in [-0.05, 0) is 50.8 Å². The number of nitrogens with two attached hydrogens (primary N) is 1. The summed E-state index contributed by atoms with van der Waals surface area (Å²) in [6, 6.07) is 6.57. The van der Waals surface area contributed by atoms with E-state index in [9.17, 15) is 0 Å². The summed E-state index contributed by atoms with van der Waals surface area (Å²) >= 11 is 0. The monoisotopic (exact) mass is 215 g/mol. The van der Waals surface area contributed by atoms with Crippen molar-refractivity contribution in [2.24, 2.45) is 5.92 Å². The zero-order valence-electron chi connectivity index (χ0n) is 9.77. The molecule has 84 valence electrons. The van der Waals surface area contributed by atoms with Gasteiger partial charge in [-0.3, -0.25) is 0 Å². The molecule has 16 heavy (non-hydrogen) atoms. The van der Waals surface area contributed by atoms with Crippen molar-refractivity contribution in [3.05, 3.63) is 24.0 Å². The minimum absolute atomic E-state index is 0.564. The second kappa shape index (κ2) is 3.24. The van der Waals surface area contributed by atoms with Crippen LogP contribution in [0.1, 0.15) is 31.6 Å². The summed E-state index contributed by atoms with van der Waals surface area (Å²) in [7, 11) is 0. The lowest BCUT2D eigenvalue weighted by molar-refractivity contribution is 0.487. The van der Waals surface area contributed by atoms with E-state index in [0.717, 1.165) is 22.9 Å². The number of imidazole rings is 1. The van der Waals surface area contributed by atoms with E-state index in [2.05, 4.69) is 29.5 Å². The second-order valence-electron chi connectivity index (χ2n) is 4.86. The Kier molecular flexibility index (Phi) is 1.96. The SMILES string of the molecule is Cc1nc2cc(N)ccc2n1C(C)C1CC1. The van der Waals surface area contributed by atoms with E-state index in [1.54, 1.807) is 0 Å². The summed E-state index contributed by atoms with van der Waals surface area (Å²) in [6.07, 6.45) is 2.71. The zero-order chi connectivity index (χ0) is 11.3. The summed E-state index contributed by atoms with van der Waals surface area (Å²) in [5.41, 5.74) is 8.80. The number of fused-ring (bicyclic) bond motifs is 1. The first kappa shape index (κ1) is 9.70. The molecule has 3 nitrogen and oxygen atoms in total. The van der Waals surface area contributed by atoms with Crippen LogP contribution in [0, 0.1) is 12.8 Å². The molecule has 0 bridgehead atoms. The molecule has 0 amide bonds. The lowest BCUT2D eigenvalue weighted by Gasteiger charge is -2.15. The van der Waals surface area contributed by atoms with Crippen molar-refractivity contribution in [1.29, 1.82) is 0 Å². The van der Waals surface area contributed by atoms with Crippen LogP contribution in [0.2, 0.25) is 0 Å². The Morgan fingerprint density at radius 2 is 2.19 bits per heavy atom. The summed E-state index contributed by atoms with van der Waals surface area (Å²) in [5, 5.41) is 0. The van der Waals surface area contributed by atoms with Gasteiger partial charge in [0.2, 0.25) is 0 Å². The molecule has 0 aliphatic heterocycles. The molecule has 1 saturated carbocycles. The third-order valence-corrected chi connectivity index (χ3v) is 3.60. The third kappa shape index (κ3) is 1.39. The molecule has 1 aliphatic rings. The van der Waals surface area contributed by atoms with E-state index >= 15 is 0 Å². The number of hydrogen-bond donors (Lipinski definition) is 1. The minimum Gasteiger partial charge on any atom is -0.399 e. The van der Waals surface area contributed by atoms with Crippen molar-refractivity contribution >= 4 is 16.7 Å². The van der Waals surface area contributed by atoms with Gasteiger partial charge in [0.15, 0.2) is 0 Å². The van der Waals surface area contributed by atoms with Crippen molar-refractivity contribution in [1.82, 2.24) is 9.55 Å². The third-order valence-electron chi connectivity index (χ3n) is 3.60. The first-order chi connectivity index (χ1) is 7.66. The molecule has 1 fully saturated rings. The van der Waals surface area contributed by atoms with Gasteiger partial charge < -0.3 is 10.3 Å². The van der Waals surface area contributed by atoms with Crippen molar-refractivity contribution in [2.45, 2.75) is 32.7 Å². The molecule has 0 spiro atoms.